The van der Waals surface area contributed by atoms with Crippen LogP contribution in [0, 0.1) is 11.3 Å². The zero-order chi connectivity index (χ0) is 13.3. The molecule has 2 heteroatoms. The highest BCUT2D eigenvalue weighted by atomic mass is 35.5. The van der Waals surface area contributed by atoms with E-state index in [4.69, 9.17) is 11.6 Å². The standard InChI is InChI=1S/C17H14ClN/c18-16-8-4-7-15(9-16)17(12-19)10-14(11-17)13-5-2-1-3-6-13/h1-9,14H,10-11H2. The van der Waals surface area contributed by atoms with Crippen LogP contribution in [0.15, 0.2) is 54.6 Å². The molecule has 1 saturated carbocycles. The van der Waals surface area contributed by atoms with Crippen molar-refractivity contribution in [1.82, 2.24) is 0 Å². The fourth-order valence-electron chi connectivity index (χ4n) is 2.92. The van der Waals surface area contributed by atoms with Crippen molar-refractivity contribution in [3.8, 4) is 6.07 Å². The average Bonchev–Trinajstić information content (AvgIpc) is 2.40. The minimum Gasteiger partial charge on any atom is -0.197 e. The van der Waals surface area contributed by atoms with Gasteiger partial charge in [0.15, 0.2) is 0 Å². The summed E-state index contributed by atoms with van der Waals surface area (Å²) in [5.74, 6) is 0.486. The summed E-state index contributed by atoms with van der Waals surface area (Å²) < 4.78 is 0. The first-order valence-corrected chi connectivity index (χ1v) is 6.83. The van der Waals surface area contributed by atoms with E-state index in [0.717, 1.165) is 18.4 Å². The Bertz CT molecular complexity index is 621. The Morgan fingerprint density at radius 2 is 1.79 bits per heavy atom. The minimum absolute atomic E-state index is 0.356. The van der Waals surface area contributed by atoms with Gasteiger partial charge >= 0.3 is 0 Å². The third-order valence-corrected chi connectivity index (χ3v) is 4.29. The maximum atomic E-state index is 9.55. The summed E-state index contributed by atoms with van der Waals surface area (Å²) in [4.78, 5) is 0. The van der Waals surface area contributed by atoms with Crippen LogP contribution in [-0.2, 0) is 5.41 Å². The van der Waals surface area contributed by atoms with Crippen LogP contribution < -0.4 is 0 Å². The smallest absolute Gasteiger partial charge is 0.0834 e. The van der Waals surface area contributed by atoms with Gasteiger partial charge in [-0.25, -0.2) is 0 Å². The van der Waals surface area contributed by atoms with Crippen molar-refractivity contribution in [2.75, 3.05) is 0 Å². The Kier molecular flexibility index (Phi) is 3.05. The Balaban J connectivity index is 1.85. The van der Waals surface area contributed by atoms with Gasteiger partial charge in [0.1, 0.15) is 0 Å². The van der Waals surface area contributed by atoms with E-state index in [1.165, 1.54) is 5.56 Å². The summed E-state index contributed by atoms with van der Waals surface area (Å²) in [7, 11) is 0. The summed E-state index contributed by atoms with van der Waals surface area (Å²) in [5, 5.41) is 10.3. The Labute approximate surface area is 118 Å². The molecule has 1 fully saturated rings. The summed E-state index contributed by atoms with van der Waals surface area (Å²) in [6.07, 6.45) is 1.77. The molecule has 0 aliphatic heterocycles. The third kappa shape index (κ3) is 2.13. The number of hydrogen-bond acceptors (Lipinski definition) is 1. The predicted octanol–water partition coefficient (Wildman–Crippen LogP) is 4.68. The van der Waals surface area contributed by atoms with Gasteiger partial charge in [-0.15, -0.1) is 0 Å². The molecule has 3 rings (SSSR count). The highest BCUT2D eigenvalue weighted by Crippen LogP contribution is 2.52. The van der Waals surface area contributed by atoms with Crippen molar-refractivity contribution in [3.63, 3.8) is 0 Å². The molecule has 1 nitrogen and oxygen atoms in total. The van der Waals surface area contributed by atoms with Crippen LogP contribution in [0.25, 0.3) is 0 Å². The summed E-state index contributed by atoms with van der Waals surface area (Å²) in [5.41, 5.74) is 2.02. The van der Waals surface area contributed by atoms with E-state index < -0.39 is 0 Å². The summed E-state index contributed by atoms with van der Waals surface area (Å²) in [6.45, 7) is 0. The van der Waals surface area contributed by atoms with Crippen LogP contribution in [0.4, 0.5) is 0 Å². The summed E-state index contributed by atoms with van der Waals surface area (Å²) in [6, 6.07) is 20.6. The Hall–Kier alpha value is -1.78. The van der Waals surface area contributed by atoms with Crippen LogP contribution in [0.5, 0.6) is 0 Å². The third-order valence-electron chi connectivity index (χ3n) is 4.05. The fourth-order valence-corrected chi connectivity index (χ4v) is 3.11. The second-order valence-corrected chi connectivity index (χ2v) is 5.66. The van der Waals surface area contributed by atoms with E-state index in [-0.39, 0.29) is 5.41 Å². The molecule has 0 N–H and O–H groups in total. The van der Waals surface area contributed by atoms with E-state index in [1.54, 1.807) is 0 Å². The molecular formula is C17H14ClN. The predicted molar refractivity (Wildman–Crippen MR) is 77.2 cm³/mol. The van der Waals surface area contributed by atoms with Gasteiger partial charge in [0.2, 0.25) is 0 Å². The first-order valence-electron chi connectivity index (χ1n) is 6.46. The highest BCUT2D eigenvalue weighted by molar-refractivity contribution is 6.30. The average molecular weight is 268 g/mol. The normalized spacial score (nSPS) is 25.4. The molecule has 0 spiro atoms. The van der Waals surface area contributed by atoms with Crippen molar-refractivity contribution in [2.45, 2.75) is 24.2 Å². The lowest BCUT2D eigenvalue weighted by atomic mass is 9.58. The molecule has 0 saturated heterocycles. The van der Waals surface area contributed by atoms with Gasteiger partial charge in [0.25, 0.3) is 0 Å². The second-order valence-electron chi connectivity index (χ2n) is 5.22. The van der Waals surface area contributed by atoms with Gasteiger partial charge in [-0.2, -0.15) is 5.26 Å². The van der Waals surface area contributed by atoms with Gasteiger partial charge in [0.05, 0.1) is 11.5 Å². The molecular weight excluding hydrogens is 254 g/mol. The lowest BCUT2D eigenvalue weighted by Gasteiger charge is -2.43. The minimum atomic E-state index is -0.356. The second kappa shape index (κ2) is 4.72. The molecule has 0 aromatic heterocycles. The molecule has 2 aromatic rings. The first-order chi connectivity index (χ1) is 9.23. The van der Waals surface area contributed by atoms with Crippen LogP contribution in [0.3, 0.4) is 0 Å². The summed E-state index contributed by atoms with van der Waals surface area (Å²) >= 11 is 6.03. The molecule has 0 radical (unpaired) electrons. The van der Waals surface area contributed by atoms with E-state index in [0.29, 0.717) is 10.9 Å². The number of nitriles is 1. The van der Waals surface area contributed by atoms with E-state index in [1.807, 2.05) is 30.3 Å². The molecule has 0 amide bonds. The quantitative estimate of drug-likeness (QED) is 0.775. The Morgan fingerprint density at radius 1 is 1.05 bits per heavy atom. The van der Waals surface area contributed by atoms with Gasteiger partial charge in [-0.05, 0) is 42.0 Å². The molecule has 1 aliphatic carbocycles. The van der Waals surface area contributed by atoms with Gasteiger partial charge in [-0.1, -0.05) is 54.1 Å². The largest absolute Gasteiger partial charge is 0.197 e. The lowest BCUT2D eigenvalue weighted by molar-refractivity contribution is 0.270. The van der Waals surface area contributed by atoms with Crippen LogP contribution >= 0.6 is 11.6 Å². The van der Waals surface area contributed by atoms with Crippen molar-refractivity contribution < 1.29 is 0 Å². The lowest BCUT2D eigenvalue weighted by Crippen LogP contribution is -2.38. The molecule has 2 aromatic carbocycles. The number of rotatable bonds is 2. The fraction of sp³-hybridized carbons (Fsp3) is 0.235. The molecule has 0 heterocycles. The van der Waals surface area contributed by atoms with Crippen molar-refractivity contribution in [1.29, 1.82) is 5.26 Å². The number of halogens is 1. The molecule has 94 valence electrons. The van der Waals surface area contributed by atoms with Crippen LogP contribution in [-0.4, -0.2) is 0 Å². The topological polar surface area (TPSA) is 23.8 Å². The molecule has 19 heavy (non-hydrogen) atoms. The van der Waals surface area contributed by atoms with Crippen molar-refractivity contribution in [3.05, 3.63) is 70.7 Å². The van der Waals surface area contributed by atoms with Crippen molar-refractivity contribution in [2.24, 2.45) is 0 Å². The molecule has 1 aliphatic rings. The molecule has 0 unspecified atom stereocenters. The highest BCUT2D eigenvalue weighted by Gasteiger charge is 2.46. The van der Waals surface area contributed by atoms with E-state index in [9.17, 15) is 5.26 Å². The maximum Gasteiger partial charge on any atom is 0.0834 e. The number of nitrogens with zero attached hydrogens (tertiary/aromatic N) is 1. The molecule has 0 atom stereocenters. The number of hydrogen-bond donors (Lipinski definition) is 0. The van der Waals surface area contributed by atoms with E-state index in [2.05, 4.69) is 30.3 Å². The van der Waals surface area contributed by atoms with Gasteiger partial charge in [-0.3, -0.25) is 0 Å². The monoisotopic (exact) mass is 267 g/mol. The van der Waals surface area contributed by atoms with Gasteiger partial charge in [0, 0.05) is 5.02 Å². The first kappa shape index (κ1) is 12.3. The van der Waals surface area contributed by atoms with Crippen molar-refractivity contribution >= 4 is 11.6 Å². The van der Waals surface area contributed by atoms with Gasteiger partial charge < -0.3 is 0 Å². The van der Waals surface area contributed by atoms with Crippen LogP contribution in [0.1, 0.15) is 29.9 Å². The maximum absolute atomic E-state index is 9.55. The zero-order valence-electron chi connectivity index (χ0n) is 10.5. The SMILES string of the molecule is N#CC1(c2cccc(Cl)c2)CC(c2ccccc2)C1. The van der Waals surface area contributed by atoms with Crippen LogP contribution in [0.2, 0.25) is 5.02 Å². The zero-order valence-corrected chi connectivity index (χ0v) is 11.3. The van der Waals surface area contributed by atoms with E-state index >= 15 is 0 Å². The number of benzene rings is 2. The Morgan fingerprint density at radius 3 is 2.42 bits per heavy atom. The molecule has 0 bridgehead atoms.